The van der Waals surface area contributed by atoms with Crippen LogP contribution < -0.4 is 0 Å². The maximum Gasteiger partial charge on any atom is 0.186 e. The molecule has 0 saturated carbocycles. The number of nitrogens with zero attached hydrogens (tertiary/aromatic N) is 2. The molecule has 1 aromatic carbocycles. The number of carbonyl (C=O) groups is 1. The Kier molecular flexibility index (Phi) is 3.68. The summed E-state index contributed by atoms with van der Waals surface area (Å²) in [5.74, 6) is -0.650. The number of rotatable bonds is 3. The van der Waals surface area contributed by atoms with Crippen molar-refractivity contribution in [3.8, 4) is 0 Å². The average Bonchev–Trinajstić information content (AvgIpc) is 2.62. The first-order valence-electron chi connectivity index (χ1n) is 5.13. The van der Waals surface area contributed by atoms with Crippen molar-refractivity contribution in [2.75, 3.05) is 0 Å². The quantitative estimate of drug-likeness (QED) is 0.812. The SMILES string of the molecule is Cn1ncc(Cl)c1C(=O)Cc1ccc(F)cc1Cl. The lowest BCUT2D eigenvalue weighted by Gasteiger charge is -2.05. The van der Waals surface area contributed by atoms with Crippen LogP contribution in [-0.4, -0.2) is 15.6 Å². The molecule has 0 aliphatic carbocycles. The van der Waals surface area contributed by atoms with E-state index >= 15 is 0 Å². The molecule has 0 bridgehead atoms. The van der Waals surface area contributed by atoms with Crippen LogP contribution in [0.1, 0.15) is 16.1 Å². The van der Waals surface area contributed by atoms with Crippen molar-refractivity contribution >= 4 is 29.0 Å². The van der Waals surface area contributed by atoms with E-state index in [0.717, 1.165) is 0 Å². The van der Waals surface area contributed by atoms with Gasteiger partial charge >= 0.3 is 0 Å². The van der Waals surface area contributed by atoms with Gasteiger partial charge in [-0.1, -0.05) is 29.3 Å². The van der Waals surface area contributed by atoms with E-state index in [1.54, 1.807) is 7.05 Å². The third-order valence-electron chi connectivity index (χ3n) is 2.52. The standard InChI is InChI=1S/C12H9Cl2FN2O/c1-17-12(10(14)6-16-17)11(18)4-7-2-3-8(15)5-9(7)13/h2-3,5-6H,4H2,1H3. The first-order valence-corrected chi connectivity index (χ1v) is 5.89. The Morgan fingerprint density at radius 1 is 1.39 bits per heavy atom. The molecule has 2 rings (SSSR count). The topological polar surface area (TPSA) is 34.9 Å². The number of aryl methyl sites for hydroxylation is 1. The van der Waals surface area contributed by atoms with Crippen LogP contribution in [0, 0.1) is 5.82 Å². The van der Waals surface area contributed by atoms with E-state index in [1.165, 1.54) is 29.1 Å². The first kappa shape index (κ1) is 13.1. The van der Waals surface area contributed by atoms with Gasteiger partial charge in [0.25, 0.3) is 0 Å². The second-order valence-electron chi connectivity index (χ2n) is 3.80. The minimum Gasteiger partial charge on any atom is -0.292 e. The van der Waals surface area contributed by atoms with Gasteiger partial charge in [-0.15, -0.1) is 0 Å². The lowest BCUT2D eigenvalue weighted by molar-refractivity contribution is 0.0984. The molecule has 0 aliphatic heterocycles. The normalized spacial score (nSPS) is 10.7. The molecule has 0 unspecified atom stereocenters. The minimum atomic E-state index is -0.435. The van der Waals surface area contributed by atoms with Crippen LogP contribution in [-0.2, 0) is 13.5 Å². The highest BCUT2D eigenvalue weighted by molar-refractivity contribution is 6.34. The smallest absolute Gasteiger partial charge is 0.186 e. The molecule has 18 heavy (non-hydrogen) atoms. The Morgan fingerprint density at radius 3 is 2.67 bits per heavy atom. The van der Waals surface area contributed by atoms with Crippen molar-refractivity contribution in [1.82, 2.24) is 9.78 Å². The summed E-state index contributed by atoms with van der Waals surface area (Å²) in [5.41, 5.74) is 0.873. The summed E-state index contributed by atoms with van der Waals surface area (Å²) in [7, 11) is 1.63. The summed E-state index contributed by atoms with van der Waals surface area (Å²) in [6.45, 7) is 0. The first-order chi connectivity index (χ1) is 8.49. The predicted octanol–water partition coefficient (Wildman–Crippen LogP) is 3.29. The van der Waals surface area contributed by atoms with Crippen LogP contribution in [0.5, 0.6) is 0 Å². The molecule has 2 aromatic rings. The number of Topliss-reactive ketones (excluding diaryl/α,β-unsaturated/α-hetero) is 1. The zero-order valence-corrected chi connectivity index (χ0v) is 11.0. The van der Waals surface area contributed by atoms with Crippen molar-refractivity contribution in [3.05, 3.63) is 51.5 Å². The third kappa shape index (κ3) is 2.54. The number of aromatic nitrogens is 2. The molecule has 0 radical (unpaired) electrons. The fourth-order valence-electron chi connectivity index (χ4n) is 1.65. The molecule has 0 saturated heterocycles. The monoisotopic (exact) mass is 286 g/mol. The number of hydrogen-bond donors (Lipinski definition) is 0. The number of hydrogen-bond acceptors (Lipinski definition) is 2. The fourth-order valence-corrected chi connectivity index (χ4v) is 2.15. The van der Waals surface area contributed by atoms with Crippen molar-refractivity contribution in [2.24, 2.45) is 7.05 Å². The molecule has 0 amide bonds. The Bertz CT molecular complexity index is 591. The van der Waals surface area contributed by atoms with Gasteiger partial charge in [0.2, 0.25) is 0 Å². The summed E-state index contributed by atoms with van der Waals surface area (Å²) in [5, 5.41) is 4.40. The van der Waals surface area contributed by atoms with E-state index in [2.05, 4.69) is 5.10 Å². The zero-order chi connectivity index (χ0) is 13.3. The van der Waals surface area contributed by atoms with Gasteiger partial charge in [0, 0.05) is 18.5 Å². The lowest BCUT2D eigenvalue weighted by Crippen LogP contribution is -2.10. The van der Waals surface area contributed by atoms with Crippen molar-refractivity contribution < 1.29 is 9.18 Å². The minimum absolute atomic E-state index is 0.0539. The van der Waals surface area contributed by atoms with E-state index in [0.29, 0.717) is 16.3 Å². The van der Waals surface area contributed by atoms with Gasteiger partial charge in [-0.25, -0.2) is 4.39 Å². The van der Waals surface area contributed by atoms with E-state index in [4.69, 9.17) is 23.2 Å². The molecule has 0 atom stereocenters. The van der Waals surface area contributed by atoms with Gasteiger partial charge in [0.1, 0.15) is 11.5 Å². The Morgan fingerprint density at radius 2 is 2.11 bits per heavy atom. The highest BCUT2D eigenvalue weighted by atomic mass is 35.5. The summed E-state index contributed by atoms with van der Waals surface area (Å²) in [4.78, 5) is 12.1. The van der Waals surface area contributed by atoms with Crippen LogP contribution in [0.15, 0.2) is 24.4 Å². The lowest BCUT2D eigenvalue weighted by atomic mass is 10.1. The molecule has 0 fully saturated rings. The van der Waals surface area contributed by atoms with Crippen LogP contribution in [0.3, 0.4) is 0 Å². The second-order valence-corrected chi connectivity index (χ2v) is 4.61. The zero-order valence-electron chi connectivity index (χ0n) is 9.45. The largest absolute Gasteiger partial charge is 0.292 e. The van der Waals surface area contributed by atoms with Gasteiger partial charge < -0.3 is 0 Å². The number of carbonyl (C=O) groups excluding carboxylic acids is 1. The van der Waals surface area contributed by atoms with Crippen LogP contribution in [0.4, 0.5) is 4.39 Å². The predicted molar refractivity (Wildman–Crippen MR) is 67.7 cm³/mol. The molecule has 6 heteroatoms. The van der Waals surface area contributed by atoms with Crippen LogP contribution in [0.2, 0.25) is 10.0 Å². The van der Waals surface area contributed by atoms with E-state index < -0.39 is 5.82 Å². The van der Waals surface area contributed by atoms with Gasteiger partial charge in [-0.3, -0.25) is 9.48 Å². The highest BCUT2D eigenvalue weighted by Gasteiger charge is 2.17. The fraction of sp³-hybridized carbons (Fsp3) is 0.167. The number of benzene rings is 1. The third-order valence-corrected chi connectivity index (χ3v) is 3.15. The second kappa shape index (κ2) is 5.08. The number of ketones is 1. The van der Waals surface area contributed by atoms with E-state index in [1.807, 2.05) is 0 Å². The van der Waals surface area contributed by atoms with Gasteiger partial charge in [-0.05, 0) is 17.7 Å². The molecular formula is C12H9Cl2FN2O. The highest BCUT2D eigenvalue weighted by Crippen LogP contribution is 2.21. The molecule has 1 heterocycles. The Hall–Kier alpha value is -1.39. The summed E-state index contributed by atoms with van der Waals surface area (Å²) < 4.78 is 14.3. The van der Waals surface area contributed by atoms with Crippen molar-refractivity contribution in [1.29, 1.82) is 0 Å². The summed E-state index contributed by atoms with van der Waals surface area (Å²) >= 11 is 11.7. The van der Waals surface area contributed by atoms with Gasteiger partial charge in [0.15, 0.2) is 5.78 Å². The molecule has 0 N–H and O–H groups in total. The number of halogens is 3. The molecule has 1 aromatic heterocycles. The van der Waals surface area contributed by atoms with Gasteiger partial charge in [0.05, 0.1) is 11.2 Å². The molecule has 0 aliphatic rings. The summed E-state index contributed by atoms with van der Waals surface area (Å²) in [6, 6.07) is 3.92. The van der Waals surface area contributed by atoms with Crippen molar-refractivity contribution in [3.63, 3.8) is 0 Å². The Balaban J connectivity index is 2.27. The van der Waals surface area contributed by atoms with Gasteiger partial charge in [-0.2, -0.15) is 5.10 Å². The summed E-state index contributed by atoms with van der Waals surface area (Å²) in [6.07, 6.45) is 1.46. The maximum atomic E-state index is 12.9. The van der Waals surface area contributed by atoms with E-state index in [-0.39, 0.29) is 17.2 Å². The maximum absolute atomic E-state index is 12.9. The average molecular weight is 287 g/mol. The molecule has 3 nitrogen and oxygen atoms in total. The molecular weight excluding hydrogens is 278 g/mol. The van der Waals surface area contributed by atoms with Crippen LogP contribution >= 0.6 is 23.2 Å². The molecule has 94 valence electrons. The van der Waals surface area contributed by atoms with Crippen LogP contribution in [0.25, 0.3) is 0 Å². The molecule has 0 spiro atoms. The van der Waals surface area contributed by atoms with Crippen molar-refractivity contribution in [2.45, 2.75) is 6.42 Å². The Labute approximate surface area is 113 Å². The van der Waals surface area contributed by atoms with E-state index in [9.17, 15) is 9.18 Å².